The second-order valence-corrected chi connectivity index (χ2v) is 1.76. The third kappa shape index (κ3) is 3.01. The molecule has 46 valence electrons. The molecule has 0 rings (SSSR count). The molecule has 0 aromatic heterocycles. The van der Waals surface area contributed by atoms with Crippen molar-refractivity contribution in [3.63, 3.8) is 0 Å². The lowest BCUT2D eigenvalue weighted by Crippen LogP contribution is -1.72. The van der Waals surface area contributed by atoms with Crippen LogP contribution in [0.25, 0.3) is 0 Å². The highest BCUT2D eigenvalue weighted by molar-refractivity contribution is 14.1. The first-order valence-corrected chi connectivity index (χ1v) is 3.55. The second-order valence-electron chi connectivity index (χ2n) is 1.20. The zero-order valence-corrected chi connectivity index (χ0v) is 6.79. The number of aliphatic imine (C=N–C) groups is 1. The van der Waals surface area contributed by atoms with Crippen molar-refractivity contribution in [2.45, 2.75) is 13.3 Å². The molecule has 0 aliphatic heterocycles. The summed E-state index contributed by atoms with van der Waals surface area (Å²) in [6, 6.07) is 0. The largest absolute Gasteiger partial charge is 0.514 e. The third-order valence-electron chi connectivity index (χ3n) is 0.726. The Kier molecular flexibility index (Phi) is 5.05. The van der Waals surface area contributed by atoms with Crippen LogP contribution in [0.4, 0.5) is 0 Å². The van der Waals surface area contributed by atoms with E-state index in [-0.39, 0.29) is 0 Å². The van der Waals surface area contributed by atoms with Crippen LogP contribution in [0.15, 0.2) is 17.0 Å². The van der Waals surface area contributed by atoms with Gasteiger partial charge in [-0.25, -0.2) is 0 Å². The summed E-state index contributed by atoms with van der Waals surface area (Å²) in [6.07, 6.45) is 1.80. The van der Waals surface area contributed by atoms with Gasteiger partial charge in [0, 0.05) is 0 Å². The van der Waals surface area contributed by atoms with Gasteiger partial charge in [0.2, 0.25) is 0 Å². The maximum atomic E-state index is 8.38. The van der Waals surface area contributed by atoms with Crippen molar-refractivity contribution in [2.24, 2.45) is 4.99 Å². The van der Waals surface area contributed by atoms with Crippen molar-refractivity contribution in [1.82, 2.24) is 0 Å². The first kappa shape index (κ1) is 7.94. The lowest BCUT2D eigenvalue weighted by molar-refractivity contribution is 0.464. The van der Waals surface area contributed by atoms with E-state index in [0.717, 1.165) is 12.7 Å². The van der Waals surface area contributed by atoms with Gasteiger partial charge in [-0.05, 0) is 29.0 Å². The van der Waals surface area contributed by atoms with E-state index in [4.69, 9.17) is 5.11 Å². The van der Waals surface area contributed by atoms with E-state index in [0.29, 0.717) is 5.70 Å². The smallest absolute Gasteiger partial charge is 0.101 e. The molecule has 0 aromatic rings. The van der Waals surface area contributed by atoms with E-state index < -0.39 is 0 Å². The standard InChI is InChI=1S/C5H8INO/c1-2-5(3-8)7-4-6/h3-4,8H,2H2,1H3/b5-3-,7-4?. The molecule has 1 N–H and O–H groups in total. The predicted molar refractivity (Wildman–Crippen MR) is 43.5 cm³/mol. The number of allylic oxidation sites excluding steroid dienone is 1. The van der Waals surface area contributed by atoms with Crippen molar-refractivity contribution in [2.75, 3.05) is 0 Å². The Bertz CT molecular complexity index is 106. The Morgan fingerprint density at radius 2 is 2.50 bits per heavy atom. The van der Waals surface area contributed by atoms with Gasteiger partial charge in [0.25, 0.3) is 0 Å². The van der Waals surface area contributed by atoms with E-state index in [2.05, 4.69) is 4.99 Å². The molecule has 0 radical (unpaired) electrons. The molecule has 0 unspecified atom stereocenters. The van der Waals surface area contributed by atoms with E-state index in [1.807, 2.05) is 29.5 Å². The average molecular weight is 225 g/mol. The Balaban J connectivity index is 3.72. The molecule has 0 aliphatic rings. The minimum atomic E-state index is 0.708. The van der Waals surface area contributed by atoms with Gasteiger partial charge in [-0.2, -0.15) is 0 Å². The molecule has 0 spiro atoms. The SMILES string of the molecule is CC/C(=C/O)N=CI. The zero-order chi connectivity index (χ0) is 6.41. The first-order chi connectivity index (χ1) is 3.85. The molecule has 0 saturated heterocycles. The number of hydrogen-bond acceptors (Lipinski definition) is 2. The van der Waals surface area contributed by atoms with Crippen LogP contribution in [-0.2, 0) is 0 Å². The summed E-state index contributed by atoms with van der Waals surface area (Å²) in [5, 5.41) is 8.38. The van der Waals surface area contributed by atoms with Crippen LogP contribution < -0.4 is 0 Å². The van der Waals surface area contributed by atoms with Crippen molar-refractivity contribution in [1.29, 1.82) is 0 Å². The van der Waals surface area contributed by atoms with E-state index in [9.17, 15) is 0 Å². The van der Waals surface area contributed by atoms with Gasteiger partial charge < -0.3 is 5.11 Å². The maximum Gasteiger partial charge on any atom is 0.101 e. The van der Waals surface area contributed by atoms with Gasteiger partial charge in [-0.15, -0.1) is 0 Å². The molecule has 0 aliphatic carbocycles. The highest BCUT2D eigenvalue weighted by Crippen LogP contribution is 1.99. The van der Waals surface area contributed by atoms with Crippen LogP contribution >= 0.6 is 22.6 Å². The molecular weight excluding hydrogens is 217 g/mol. The molecular formula is C5H8INO. The summed E-state index contributed by atoms with van der Waals surface area (Å²) in [6.45, 7) is 1.94. The van der Waals surface area contributed by atoms with Crippen LogP contribution in [0.1, 0.15) is 13.3 Å². The normalized spacial score (nSPS) is 13.0. The van der Waals surface area contributed by atoms with Crippen LogP contribution in [0, 0.1) is 0 Å². The Morgan fingerprint density at radius 1 is 1.88 bits per heavy atom. The molecule has 0 fully saturated rings. The highest BCUT2D eigenvalue weighted by atomic mass is 127. The molecule has 0 saturated carbocycles. The maximum absolute atomic E-state index is 8.38. The lowest BCUT2D eigenvalue weighted by atomic mass is 10.4. The van der Waals surface area contributed by atoms with Gasteiger partial charge in [0.05, 0.1) is 9.92 Å². The second kappa shape index (κ2) is 5.08. The van der Waals surface area contributed by atoms with Crippen molar-refractivity contribution in [3.8, 4) is 0 Å². The fourth-order valence-electron chi connectivity index (χ4n) is 0.279. The lowest BCUT2D eigenvalue weighted by Gasteiger charge is -1.88. The minimum Gasteiger partial charge on any atom is -0.514 e. The van der Waals surface area contributed by atoms with Crippen molar-refractivity contribution >= 4 is 26.8 Å². The van der Waals surface area contributed by atoms with E-state index in [1.165, 1.54) is 0 Å². The van der Waals surface area contributed by atoms with Gasteiger partial charge in [-0.3, -0.25) is 4.99 Å². The molecule has 8 heavy (non-hydrogen) atoms. The topological polar surface area (TPSA) is 32.6 Å². The number of aliphatic hydroxyl groups is 1. The molecule has 2 nitrogen and oxygen atoms in total. The summed E-state index contributed by atoms with van der Waals surface area (Å²) < 4.78 is 1.63. The summed E-state index contributed by atoms with van der Waals surface area (Å²) >= 11 is 2.01. The average Bonchev–Trinajstić information content (AvgIpc) is 1.83. The quantitative estimate of drug-likeness (QED) is 0.436. The molecule has 0 amide bonds. The Labute approximate surface area is 62.5 Å². The zero-order valence-electron chi connectivity index (χ0n) is 4.63. The fraction of sp³-hybridized carbons (Fsp3) is 0.400. The number of rotatable bonds is 2. The minimum absolute atomic E-state index is 0.708. The van der Waals surface area contributed by atoms with Gasteiger partial charge in [-0.1, -0.05) is 6.92 Å². The monoisotopic (exact) mass is 225 g/mol. The number of hydrogen-bond donors (Lipinski definition) is 1. The predicted octanol–water partition coefficient (Wildman–Crippen LogP) is 2.26. The first-order valence-electron chi connectivity index (χ1n) is 2.31. The summed E-state index contributed by atoms with van der Waals surface area (Å²) in [5.41, 5.74) is 0.708. The molecule has 0 aromatic carbocycles. The Morgan fingerprint density at radius 3 is 2.62 bits per heavy atom. The summed E-state index contributed by atoms with van der Waals surface area (Å²) in [5.74, 6) is 0. The van der Waals surface area contributed by atoms with Crippen LogP contribution in [0.2, 0.25) is 0 Å². The number of aliphatic hydroxyl groups excluding tert-OH is 1. The summed E-state index contributed by atoms with van der Waals surface area (Å²) in [4.78, 5) is 3.83. The Hall–Kier alpha value is -0.0600. The summed E-state index contributed by atoms with van der Waals surface area (Å²) in [7, 11) is 0. The number of nitrogens with zero attached hydrogens (tertiary/aromatic N) is 1. The number of halogens is 1. The van der Waals surface area contributed by atoms with Crippen LogP contribution in [-0.4, -0.2) is 9.33 Å². The van der Waals surface area contributed by atoms with Gasteiger partial charge in [0.15, 0.2) is 0 Å². The van der Waals surface area contributed by atoms with Gasteiger partial charge in [0.1, 0.15) is 6.26 Å². The highest BCUT2D eigenvalue weighted by Gasteiger charge is 1.83. The molecule has 0 heterocycles. The molecule has 0 atom stereocenters. The van der Waals surface area contributed by atoms with Crippen LogP contribution in [0.5, 0.6) is 0 Å². The van der Waals surface area contributed by atoms with E-state index in [1.54, 1.807) is 4.22 Å². The van der Waals surface area contributed by atoms with Crippen molar-refractivity contribution in [3.05, 3.63) is 12.0 Å². The molecule has 0 bridgehead atoms. The third-order valence-corrected chi connectivity index (χ3v) is 1.00. The molecule has 3 heteroatoms. The van der Waals surface area contributed by atoms with Gasteiger partial charge >= 0.3 is 0 Å². The van der Waals surface area contributed by atoms with E-state index >= 15 is 0 Å². The fourth-order valence-corrected chi connectivity index (χ4v) is 0.636. The van der Waals surface area contributed by atoms with Crippen LogP contribution in [0.3, 0.4) is 0 Å². The van der Waals surface area contributed by atoms with Crippen molar-refractivity contribution < 1.29 is 5.11 Å².